The molecule has 0 aliphatic carbocycles. The van der Waals surface area contributed by atoms with Crippen LogP contribution in [-0.4, -0.2) is 43.2 Å². The van der Waals surface area contributed by atoms with Crippen LogP contribution < -0.4 is 0 Å². The first kappa shape index (κ1) is 19.2. The first-order chi connectivity index (χ1) is 14.6. The van der Waals surface area contributed by atoms with E-state index in [0.717, 1.165) is 0 Å². The lowest BCUT2D eigenvalue weighted by Crippen LogP contribution is -2.12. The molecule has 1 amide bonds. The van der Waals surface area contributed by atoms with E-state index in [4.69, 9.17) is 4.74 Å². The Hall–Kier alpha value is -4.08. The van der Waals surface area contributed by atoms with Gasteiger partial charge in [0.05, 0.1) is 17.6 Å². The number of carbonyl (C=O) groups excluding carboxylic acids is 2. The van der Waals surface area contributed by atoms with Crippen LogP contribution in [0.1, 0.15) is 6.92 Å². The largest absolute Gasteiger partial charge is 0.493 e. The molecule has 0 atom stereocenters. The summed E-state index contributed by atoms with van der Waals surface area (Å²) in [6.07, 6.45) is 0. The Morgan fingerprint density at radius 2 is 1.80 bits per heavy atom. The number of fused-ring (bicyclic) bond motifs is 2. The second-order valence-corrected chi connectivity index (χ2v) is 6.41. The summed E-state index contributed by atoms with van der Waals surface area (Å²) in [7, 11) is 0. The smallest absolute Gasteiger partial charge is 0.326 e. The second kappa shape index (κ2) is 8.11. The Labute approximate surface area is 170 Å². The van der Waals surface area contributed by atoms with E-state index in [1.807, 2.05) is 12.1 Å². The summed E-state index contributed by atoms with van der Waals surface area (Å²) in [4.78, 5) is 24.2. The van der Waals surface area contributed by atoms with Gasteiger partial charge in [-0.2, -0.15) is 0 Å². The molecule has 152 valence electrons. The molecule has 0 aliphatic heterocycles. The molecule has 2 aromatic heterocycles. The number of amides is 1. The van der Waals surface area contributed by atoms with Crippen LogP contribution in [0.3, 0.4) is 0 Å². The van der Waals surface area contributed by atoms with Crippen molar-refractivity contribution in [1.82, 2.24) is 19.6 Å². The Kier molecular flexibility index (Phi) is 5.21. The molecule has 0 bridgehead atoms. The van der Waals surface area contributed by atoms with Gasteiger partial charge in [-0.1, -0.05) is 35.5 Å². The summed E-state index contributed by atoms with van der Waals surface area (Å²) >= 11 is 0. The van der Waals surface area contributed by atoms with Crippen LogP contribution in [0.25, 0.3) is 21.9 Å². The number of esters is 1. The molecule has 2 aromatic carbocycles. The summed E-state index contributed by atoms with van der Waals surface area (Å²) in [5.41, 5.74) is 2.05. The lowest BCUT2D eigenvalue weighted by Gasteiger charge is -2.06. The monoisotopic (exact) mass is 406 g/mol. The number of benzene rings is 2. The number of carbonyl (C=O) groups is 2. The first-order valence-corrected chi connectivity index (χ1v) is 9.27. The third kappa shape index (κ3) is 3.62. The molecule has 0 unspecified atom stereocenters. The van der Waals surface area contributed by atoms with E-state index in [-0.39, 0.29) is 31.3 Å². The summed E-state index contributed by atoms with van der Waals surface area (Å²) in [6.45, 7) is 1.60. The van der Waals surface area contributed by atoms with Crippen LogP contribution >= 0.6 is 0 Å². The van der Waals surface area contributed by atoms with Crippen molar-refractivity contribution in [2.45, 2.75) is 20.0 Å². The minimum atomic E-state index is -0.563. The molecule has 0 aliphatic rings. The van der Waals surface area contributed by atoms with E-state index < -0.39 is 11.9 Å². The number of aromatic nitrogens is 4. The number of hydrogen-bond acceptors (Lipinski definition) is 7. The Bertz CT molecular complexity index is 1270. The molecule has 0 radical (unpaired) electrons. The van der Waals surface area contributed by atoms with Crippen LogP contribution in [0, 0.1) is 0 Å². The summed E-state index contributed by atoms with van der Waals surface area (Å²) < 4.78 is 7.76. The highest BCUT2D eigenvalue weighted by atomic mass is 16.5. The first-order valence-electron chi connectivity index (χ1n) is 9.27. The Morgan fingerprint density at radius 1 is 1.07 bits per heavy atom. The average Bonchev–Trinajstić information content (AvgIpc) is 3.26. The second-order valence-electron chi connectivity index (χ2n) is 6.41. The van der Waals surface area contributed by atoms with Crippen molar-refractivity contribution in [3.63, 3.8) is 0 Å². The van der Waals surface area contributed by atoms with E-state index >= 15 is 0 Å². The highest BCUT2D eigenvalue weighted by Crippen LogP contribution is 2.38. The normalized spacial score (nSPS) is 11.5. The molecular formula is C20H18N6O4. The Balaban J connectivity index is 1.61. The van der Waals surface area contributed by atoms with Gasteiger partial charge in [-0.3, -0.25) is 14.2 Å². The van der Waals surface area contributed by atoms with E-state index in [1.54, 1.807) is 43.3 Å². The number of para-hydroxylation sites is 2. The number of aromatic hydroxyl groups is 1. The fourth-order valence-corrected chi connectivity index (χ4v) is 3.17. The number of nitrogens with zero attached hydrogens (tertiary/aromatic N) is 6. The third-order valence-corrected chi connectivity index (χ3v) is 4.48. The van der Waals surface area contributed by atoms with Crippen molar-refractivity contribution in [2.75, 3.05) is 6.61 Å². The number of azo groups is 1. The van der Waals surface area contributed by atoms with Crippen LogP contribution in [-0.2, 0) is 27.4 Å². The van der Waals surface area contributed by atoms with Gasteiger partial charge in [0.25, 0.3) is 5.91 Å². The van der Waals surface area contributed by atoms with Gasteiger partial charge in [-0.25, -0.2) is 4.68 Å². The van der Waals surface area contributed by atoms with Crippen molar-refractivity contribution in [3.8, 4) is 5.88 Å². The molecule has 0 spiro atoms. The summed E-state index contributed by atoms with van der Waals surface area (Å²) in [6, 6.07) is 14.2. The number of hydrogen-bond donors (Lipinski definition) is 1. The van der Waals surface area contributed by atoms with Crippen LogP contribution in [0.4, 0.5) is 5.69 Å². The maximum Gasteiger partial charge on any atom is 0.326 e. The van der Waals surface area contributed by atoms with Gasteiger partial charge in [0.1, 0.15) is 18.6 Å². The molecule has 30 heavy (non-hydrogen) atoms. The SMILES string of the molecule is CCOC(=O)Cn1c(O)c(N=NC(=O)Cn2nnc3ccccc32)c2ccccc21. The quantitative estimate of drug-likeness (QED) is 0.388. The minimum Gasteiger partial charge on any atom is -0.493 e. The van der Waals surface area contributed by atoms with Crippen LogP contribution in [0.5, 0.6) is 5.88 Å². The lowest BCUT2D eigenvalue weighted by molar-refractivity contribution is -0.143. The minimum absolute atomic E-state index is 0.103. The standard InChI is InChI=1S/C20H18N6O4/c1-2-30-18(28)12-25-15-9-5-3-7-13(15)19(20(25)29)23-22-17(27)11-26-16-10-6-4-8-14(16)21-24-26/h3-10,29H,2,11-12H2,1H3. The van der Waals surface area contributed by atoms with Gasteiger partial charge in [0, 0.05) is 5.39 Å². The molecule has 0 fully saturated rings. The van der Waals surface area contributed by atoms with Crippen LogP contribution in [0.15, 0.2) is 58.8 Å². The van der Waals surface area contributed by atoms with Crippen LogP contribution in [0.2, 0.25) is 0 Å². The van der Waals surface area contributed by atoms with E-state index in [1.165, 1.54) is 9.25 Å². The number of rotatable bonds is 6. The lowest BCUT2D eigenvalue weighted by atomic mass is 10.2. The molecule has 4 rings (SSSR count). The van der Waals surface area contributed by atoms with E-state index in [2.05, 4.69) is 20.5 Å². The predicted molar refractivity (Wildman–Crippen MR) is 107 cm³/mol. The van der Waals surface area contributed by atoms with Crippen molar-refractivity contribution in [2.24, 2.45) is 10.2 Å². The topological polar surface area (TPSA) is 124 Å². The molecule has 2 heterocycles. The van der Waals surface area contributed by atoms with Crippen molar-refractivity contribution in [1.29, 1.82) is 0 Å². The van der Waals surface area contributed by atoms with Gasteiger partial charge in [-0.15, -0.1) is 15.3 Å². The van der Waals surface area contributed by atoms with Crippen molar-refractivity contribution >= 4 is 39.5 Å². The molecule has 0 saturated heterocycles. The molecule has 4 aromatic rings. The van der Waals surface area contributed by atoms with E-state index in [0.29, 0.717) is 21.9 Å². The van der Waals surface area contributed by atoms with E-state index in [9.17, 15) is 14.7 Å². The van der Waals surface area contributed by atoms with Crippen molar-refractivity contribution < 1.29 is 19.4 Å². The zero-order valence-corrected chi connectivity index (χ0v) is 16.1. The molecule has 1 N–H and O–H groups in total. The van der Waals surface area contributed by atoms with Gasteiger partial charge in [0.2, 0.25) is 5.88 Å². The summed E-state index contributed by atoms with van der Waals surface area (Å²) in [5.74, 6) is -1.33. The molecule has 10 heteroatoms. The highest BCUT2D eigenvalue weighted by Gasteiger charge is 2.19. The summed E-state index contributed by atoms with van der Waals surface area (Å²) in [5, 5.41) is 26.8. The van der Waals surface area contributed by atoms with Crippen molar-refractivity contribution in [3.05, 3.63) is 48.5 Å². The average molecular weight is 406 g/mol. The number of ether oxygens (including phenoxy) is 1. The Morgan fingerprint density at radius 3 is 2.60 bits per heavy atom. The van der Waals surface area contributed by atoms with Gasteiger partial charge in [0.15, 0.2) is 5.69 Å². The fourth-order valence-electron chi connectivity index (χ4n) is 3.17. The molecule has 0 saturated carbocycles. The molecule has 10 nitrogen and oxygen atoms in total. The maximum atomic E-state index is 12.3. The van der Waals surface area contributed by atoms with Gasteiger partial charge in [-0.05, 0) is 25.1 Å². The van der Waals surface area contributed by atoms with Gasteiger partial charge >= 0.3 is 5.97 Å². The zero-order valence-electron chi connectivity index (χ0n) is 16.1. The molecular weight excluding hydrogens is 388 g/mol. The maximum absolute atomic E-state index is 12.3. The predicted octanol–water partition coefficient (Wildman–Crippen LogP) is 2.97. The van der Waals surface area contributed by atoms with Gasteiger partial charge < -0.3 is 9.84 Å². The zero-order chi connectivity index (χ0) is 21.1. The third-order valence-electron chi connectivity index (χ3n) is 4.48. The highest BCUT2D eigenvalue weighted by molar-refractivity contribution is 5.96. The fraction of sp³-hybridized carbons (Fsp3) is 0.200.